The number of aryl methyl sites for hydroxylation is 1. The Labute approximate surface area is 225 Å². The zero-order valence-corrected chi connectivity index (χ0v) is 23.0. The fourth-order valence-corrected chi connectivity index (χ4v) is 4.62. The van der Waals surface area contributed by atoms with E-state index >= 15 is 0 Å². The molecule has 8 nitrogen and oxygen atoms in total. The predicted molar refractivity (Wildman–Crippen MR) is 148 cm³/mol. The standard InChI is InChI=1S/C30H39N3O5/c1-20-13-15-22(16-14-20)28(36)24-11-6-7-12-25(24)33(19-27(35)38-30(3,4)5)26(34)18-31-29(37)32-23-10-8-9-21(2)17-23/h6-12,17,20,22H,13-16,18-19H2,1-5H3,(H2,31,32,37). The summed E-state index contributed by atoms with van der Waals surface area (Å²) in [5.74, 6) is -0.697. The van der Waals surface area contributed by atoms with Gasteiger partial charge in [0.25, 0.3) is 0 Å². The van der Waals surface area contributed by atoms with Crippen molar-refractivity contribution >= 4 is 35.1 Å². The van der Waals surface area contributed by atoms with Gasteiger partial charge in [-0.1, -0.05) is 44.0 Å². The van der Waals surface area contributed by atoms with Crippen molar-refractivity contribution in [1.29, 1.82) is 0 Å². The monoisotopic (exact) mass is 521 g/mol. The Balaban J connectivity index is 1.80. The van der Waals surface area contributed by atoms with Gasteiger partial charge in [0, 0.05) is 17.2 Å². The van der Waals surface area contributed by atoms with E-state index in [2.05, 4.69) is 17.6 Å². The normalized spacial score (nSPS) is 17.3. The minimum absolute atomic E-state index is 0.0281. The van der Waals surface area contributed by atoms with Crippen molar-refractivity contribution in [3.05, 3.63) is 59.7 Å². The summed E-state index contributed by atoms with van der Waals surface area (Å²) in [4.78, 5) is 53.4. The lowest BCUT2D eigenvalue weighted by atomic mass is 9.79. The summed E-state index contributed by atoms with van der Waals surface area (Å²) < 4.78 is 5.47. The summed E-state index contributed by atoms with van der Waals surface area (Å²) in [5.41, 5.74) is 1.57. The van der Waals surface area contributed by atoms with Gasteiger partial charge in [-0.05, 0) is 76.3 Å². The number of para-hydroxylation sites is 1. The van der Waals surface area contributed by atoms with Crippen LogP contribution in [0.25, 0.3) is 0 Å². The smallest absolute Gasteiger partial charge is 0.326 e. The summed E-state index contributed by atoms with van der Waals surface area (Å²) in [6, 6.07) is 13.6. The highest BCUT2D eigenvalue weighted by Crippen LogP contribution is 2.33. The van der Waals surface area contributed by atoms with Crippen LogP contribution in [-0.4, -0.2) is 42.4 Å². The first-order valence-corrected chi connectivity index (χ1v) is 13.2. The first-order chi connectivity index (χ1) is 17.9. The van der Waals surface area contributed by atoms with Gasteiger partial charge in [-0.2, -0.15) is 0 Å². The summed E-state index contributed by atoms with van der Waals surface area (Å²) in [5, 5.41) is 5.26. The number of ketones is 1. The molecule has 0 spiro atoms. The molecule has 0 unspecified atom stereocenters. The number of urea groups is 1. The number of rotatable bonds is 8. The molecule has 0 bridgehead atoms. The third kappa shape index (κ3) is 8.43. The molecule has 0 heterocycles. The van der Waals surface area contributed by atoms with Crippen molar-refractivity contribution in [3.63, 3.8) is 0 Å². The van der Waals surface area contributed by atoms with Gasteiger partial charge < -0.3 is 15.4 Å². The molecule has 0 aliphatic heterocycles. The summed E-state index contributed by atoms with van der Waals surface area (Å²) >= 11 is 0. The summed E-state index contributed by atoms with van der Waals surface area (Å²) in [7, 11) is 0. The van der Waals surface area contributed by atoms with Gasteiger partial charge in [0.1, 0.15) is 12.1 Å². The van der Waals surface area contributed by atoms with Crippen molar-refractivity contribution in [2.75, 3.05) is 23.3 Å². The van der Waals surface area contributed by atoms with Crippen molar-refractivity contribution in [1.82, 2.24) is 5.32 Å². The van der Waals surface area contributed by atoms with Crippen molar-refractivity contribution in [2.24, 2.45) is 11.8 Å². The quantitative estimate of drug-likeness (QED) is 0.353. The maximum Gasteiger partial charge on any atom is 0.326 e. The number of esters is 1. The van der Waals surface area contributed by atoms with Crippen LogP contribution < -0.4 is 15.5 Å². The lowest BCUT2D eigenvalue weighted by Crippen LogP contribution is -2.45. The van der Waals surface area contributed by atoms with Gasteiger partial charge in [-0.25, -0.2) is 4.79 Å². The Morgan fingerprint density at radius 2 is 1.66 bits per heavy atom. The number of amides is 3. The molecule has 204 valence electrons. The zero-order valence-electron chi connectivity index (χ0n) is 23.0. The average molecular weight is 522 g/mol. The number of carbonyl (C=O) groups excluding carboxylic acids is 4. The first-order valence-electron chi connectivity index (χ1n) is 13.2. The number of ether oxygens (including phenoxy) is 1. The number of anilines is 2. The summed E-state index contributed by atoms with van der Waals surface area (Å²) in [6.07, 6.45) is 3.57. The van der Waals surface area contributed by atoms with E-state index in [1.165, 1.54) is 4.90 Å². The van der Waals surface area contributed by atoms with Crippen molar-refractivity contribution < 1.29 is 23.9 Å². The number of carbonyl (C=O) groups is 4. The highest BCUT2D eigenvalue weighted by Gasteiger charge is 2.30. The van der Waals surface area contributed by atoms with Crippen LogP contribution in [0.3, 0.4) is 0 Å². The molecule has 0 aromatic heterocycles. The largest absolute Gasteiger partial charge is 0.459 e. The van der Waals surface area contributed by atoms with Crippen LogP contribution in [0.2, 0.25) is 0 Å². The third-order valence-electron chi connectivity index (χ3n) is 6.53. The van der Waals surface area contributed by atoms with E-state index in [0.717, 1.165) is 31.2 Å². The van der Waals surface area contributed by atoms with Gasteiger partial charge in [0.2, 0.25) is 5.91 Å². The first kappa shape index (κ1) is 28.9. The van der Waals surface area contributed by atoms with Crippen LogP contribution in [0.15, 0.2) is 48.5 Å². The van der Waals surface area contributed by atoms with Gasteiger partial charge >= 0.3 is 12.0 Å². The lowest BCUT2D eigenvalue weighted by molar-refractivity contribution is -0.153. The van der Waals surface area contributed by atoms with E-state index in [4.69, 9.17) is 4.74 Å². The SMILES string of the molecule is Cc1cccc(NC(=O)NCC(=O)N(CC(=O)OC(C)(C)C)c2ccccc2C(=O)C2CCC(C)CC2)c1. The van der Waals surface area contributed by atoms with Gasteiger partial charge in [-0.15, -0.1) is 0 Å². The molecule has 1 saturated carbocycles. The minimum Gasteiger partial charge on any atom is -0.459 e. The molecule has 8 heteroatoms. The Kier molecular flexibility index (Phi) is 9.66. The van der Waals surface area contributed by atoms with Crippen LogP contribution in [0.1, 0.15) is 69.3 Å². The van der Waals surface area contributed by atoms with Crippen LogP contribution >= 0.6 is 0 Å². The zero-order chi connectivity index (χ0) is 27.9. The fourth-order valence-electron chi connectivity index (χ4n) is 4.62. The second-order valence-electron chi connectivity index (χ2n) is 11.1. The molecule has 2 aromatic rings. The van der Waals surface area contributed by atoms with Crippen molar-refractivity contribution in [3.8, 4) is 0 Å². The predicted octanol–water partition coefficient (Wildman–Crippen LogP) is 5.50. The minimum atomic E-state index is -0.744. The molecule has 3 amide bonds. The van der Waals surface area contributed by atoms with Crippen LogP contribution in [0.4, 0.5) is 16.2 Å². The Bertz CT molecular complexity index is 1160. The van der Waals surface area contributed by atoms with Crippen molar-refractivity contribution in [2.45, 2.75) is 65.9 Å². The number of hydrogen-bond donors (Lipinski definition) is 2. The van der Waals surface area contributed by atoms with Crippen LogP contribution in [0, 0.1) is 18.8 Å². The molecule has 2 aromatic carbocycles. The second-order valence-corrected chi connectivity index (χ2v) is 11.1. The fraction of sp³-hybridized carbons (Fsp3) is 0.467. The Hall–Kier alpha value is -3.68. The molecule has 1 fully saturated rings. The topological polar surface area (TPSA) is 105 Å². The van der Waals surface area contributed by atoms with E-state index < -0.39 is 23.5 Å². The number of benzene rings is 2. The third-order valence-corrected chi connectivity index (χ3v) is 6.53. The van der Waals surface area contributed by atoms with Gasteiger partial charge in [-0.3, -0.25) is 19.3 Å². The number of Topliss-reactive ketones (excluding diaryl/α,β-unsaturated/α-hetero) is 1. The Morgan fingerprint density at radius 1 is 0.974 bits per heavy atom. The molecule has 38 heavy (non-hydrogen) atoms. The van der Waals surface area contributed by atoms with E-state index in [1.807, 2.05) is 25.1 Å². The van der Waals surface area contributed by atoms with Crippen LogP contribution in [0.5, 0.6) is 0 Å². The maximum absolute atomic E-state index is 13.5. The number of nitrogens with zero attached hydrogens (tertiary/aromatic N) is 1. The molecular weight excluding hydrogens is 482 g/mol. The highest BCUT2D eigenvalue weighted by molar-refractivity contribution is 6.09. The number of nitrogens with one attached hydrogen (secondary N) is 2. The Morgan fingerprint density at radius 3 is 2.32 bits per heavy atom. The molecule has 0 saturated heterocycles. The molecule has 2 N–H and O–H groups in total. The lowest BCUT2D eigenvalue weighted by Gasteiger charge is -2.29. The van der Waals surface area contributed by atoms with Gasteiger partial charge in [0.05, 0.1) is 12.2 Å². The van der Waals surface area contributed by atoms with E-state index in [0.29, 0.717) is 22.9 Å². The van der Waals surface area contributed by atoms with E-state index in [-0.39, 0.29) is 24.8 Å². The van der Waals surface area contributed by atoms with Crippen LogP contribution in [-0.2, 0) is 14.3 Å². The molecular formula is C30H39N3O5. The van der Waals surface area contributed by atoms with E-state index in [1.54, 1.807) is 51.1 Å². The average Bonchev–Trinajstić information content (AvgIpc) is 2.85. The summed E-state index contributed by atoms with van der Waals surface area (Å²) in [6.45, 7) is 8.58. The molecule has 1 aliphatic carbocycles. The molecule has 1 aliphatic rings. The van der Waals surface area contributed by atoms with E-state index in [9.17, 15) is 19.2 Å². The highest BCUT2D eigenvalue weighted by atomic mass is 16.6. The maximum atomic E-state index is 13.5. The van der Waals surface area contributed by atoms with Gasteiger partial charge in [0.15, 0.2) is 5.78 Å². The molecule has 3 rings (SSSR count). The molecule has 0 atom stereocenters. The number of hydrogen-bond acceptors (Lipinski definition) is 5. The molecule has 0 radical (unpaired) electrons. The second kappa shape index (κ2) is 12.7.